The van der Waals surface area contributed by atoms with E-state index in [0.717, 1.165) is 5.69 Å². The maximum absolute atomic E-state index is 12.8. The number of aromatic nitrogens is 3. The highest BCUT2D eigenvalue weighted by atomic mass is 32.2. The number of anilines is 1. The molecule has 0 aliphatic carbocycles. The Labute approximate surface area is 176 Å². The molecule has 0 saturated heterocycles. The lowest BCUT2D eigenvalue weighted by molar-refractivity contribution is 0.291. The molecule has 0 atom stereocenters. The van der Waals surface area contributed by atoms with Crippen LogP contribution in [0.25, 0.3) is 5.69 Å². The lowest BCUT2D eigenvalue weighted by Crippen LogP contribution is -2.27. The zero-order valence-corrected chi connectivity index (χ0v) is 17.9. The van der Waals surface area contributed by atoms with Gasteiger partial charge in [0.2, 0.25) is 11.8 Å². The fourth-order valence-corrected chi connectivity index (χ4v) is 3.70. The van der Waals surface area contributed by atoms with Gasteiger partial charge in [0.15, 0.2) is 0 Å². The molecule has 2 aromatic heterocycles. The van der Waals surface area contributed by atoms with Crippen LogP contribution in [-0.4, -0.2) is 49.5 Å². The van der Waals surface area contributed by atoms with Crippen LogP contribution in [0.1, 0.15) is 13.8 Å². The number of nitrogens with one attached hydrogen (secondary N) is 2. The number of hydrogen-bond acceptors (Lipinski definition) is 7. The molecule has 0 radical (unpaired) electrons. The van der Waals surface area contributed by atoms with Crippen molar-refractivity contribution < 1.29 is 17.9 Å². The number of nitrogens with zero attached hydrogens (tertiary/aromatic N) is 3. The van der Waals surface area contributed by atoms with Crippen molar-refractivity contribution in [1.29, 1.82) is 0 Å². The van der Waals surface area contributed by atoms with Crippen LogP contribution in [0.5, 0.6) is 11.8 Å². The molecule has 2 N–H and O–H groups in total. The Morgan fingerprint density at radius 2 is 1.90 bits per heavy atom. The summed E-state index contributed by atoms with van der Waals surface area (Å²) in [5.74, 6) is 0.477. The minimum absolute atomic E-state index is 0.112. The number of pyridine rings is 1. The van der Waals surface area contributed by atoms with Crippen LogP contribution < -0.4 is 19.5 Å². The average molecular weight is 432 g/mol. The van der Waals surface area contributed by atoms with Gasteiger partial charge < -0.3 is 14.8 Å². The molecule has 10 heteroatoms. The van der Waals surface area contributed by atoms with E-state index < -0.39 is 10.0 Å². The predicted molar refractivity (Wildman–Crippen MR) is 114 cm³/mol. The van der Waals surface area contributed by atoms with Crippen LogP contribution in [0, 0.1) is 0 Å². The van der Waals surface area contributed by atoms with Crippen molar-refractivity contribution in [2.75, 3.05) is 25.0 Å². The second kappa shape index (κ2) is 9.59. The summed E-state index contributed by atoms with van der Waals surface area (Å²) in [5.41, 5.74) is 0.980. The van der Waals surface area contributed by atoms with Gasteiger partial charge in [0.05, 0.1) is 17.7 Å². The van der Waals surface area contributed by atoms with Gasteiger partial charge in [-0.1, -0.05) is 13.8 Å². The molecular weight excluding hydrogens is 406 g/mol. The van der Waals surface area contributed by atoms with Gasteiger partial charge in [-0.3, -0.25) is 4.72 Å². The van der Waals surface area contributed by atoms with E-state index in [-0.39, 0.29) is 16.5 Å². The first kappa shape index (κ1) is 21.6. The highest BCUT2D eigenvalue weighted by molar-refractivity contribution is 7.92. The van der Waals surface area contributed by atoms with Crippen LogP contribution in [0.4, 0.5) is 5.69 Å². The zero-order valence-electron chi connectivity index (χ0n) is 17.1. The zero-order chi connectivity index (χ0) is 21.6. The fourth-order valence-electron chi connectivity index (χ4n) is 2.64. The summed E-state index contributed by atoms with van der Waals surface area (Å²) in [5, 5.41) is 7.36. The lowest BCUT2D eigenvalue weighted by atomic mass is 10.3. The Morgan fingerprint density at radius 3 is 2.53 bits per heavy atom. The van der Waals surface area contributed by atoms with Crippen molar-refractivity contribution in [3.63, 3.8) is 0 Å². The minimum Gasteiger partial charge on any atom is -0.479 e. The van der Waals surface area contributed by atoms with Gasteiger partial charge in [-0.15, -0.1) is 0 Å². The van der Waals surface area contributed by atoms with Gasteiger partial charge in [-0.05, 0) is 36.4 Å². The molecule has 9 nitrogen and oxygen atoms in total. The Morgan fingerprint density at radius 1 is 1.13 bits per heavy atom. The number of benzene rings is 1. The average Bonchev–Trinajstić information content (AvgIpc) is 3.27. The smallest absolute Gasteiger partial charge is 0.262 e. The number of methoxy groups -OCH3 is 1. The Balaban J connectivity index is 1.71. The molecule has 0 bridgehead atoms. The first-order valence-corrected chi connectivity index (χ1v) is 10.9. The van der Waals surface area contributed by atoms with Crippen LogP contribution in [0.2, 0.25) is 0 Å². The summed E-state index contributed by atoms with van der Waals surface area (Å²) in [6.07, 6.45) is 3.43. The SMILES string of the molecule is COc1nc(OCCNC(C)C)ccc1NS(=O)(=O)c1ccc(-n2cccn2)cc1. The van der Waals surface area contributed by atoms with Crippen molar-refractivity contribution >= 4 is 15.7 Å². The molecule has 0 unspecified atom stereocenters. The van der Waals surface area contributed by atoms with Crippen LogP contribution >= 0.6 is 0 Å². The summed E-state index contributed by atoms with van der Waals surface area (Å²) in [4.78, 5) is 4.33. The third kappa shape index (κ3) is 5.49. The third-order valence-corrected chi connectivity index (χ3v) is 5.47. The summed E-state index contributed by atoms with van der Waals surface area (Å²) in [6, 6.07) is 11.7. The number of ether oxygens (including phenoxy) is 2. The molecule has 0 aliphatic heterocycles. The molecule has 3 aromatic rings. The highest BCUT2D eigenvalue weighted by Gasteiger charge is 2.18. The maximum atomic E-state index is 12.8. The molecule has 0 aliphatic rings. The number of rotatable bonds is 10. The first-order valence-electron chi connectivity index (χ1n) is 9.43. The second-order valence-corrected chi connectivity index (χ2v) is 8.40. The molecule has 0 amide bonds. The number of hydrogen-bond donors (Lipinski definition) is 2. The van der Waals surface area contributed by atoms with E-state index in [9.17, 15) is 8.42 Å². The van der Waals surface area contributed by atoms with E-state index in [1.54, 1.807) is 47.4 Å². The van der Waals surface area contributed by atoms with E-state index >= 15 is 0 Å². The van der Waals surface area contributed by atoms with Crippen molar-refractivity contribution in [2.45, 2.75) is 24.8 Å². The summed E-state index contributed by atoms with van der Waals surface area (Å²) < 4.78 is 40.5. The standard InChI is InChI=1S/C20H25N5O4S/c1-15(2)21-12-14-29-19-10-9-18(20(23-19)28-3)24-30(26,27)17-7-5-16(6-8-17)25-13-4-11-22-25/h4-11,13,15,21,24H,12,14H2,1-3H3. The normalized spacial score (nSPS) is 11.5. The molecule has 2 heterocycles. The van der Waals surface area contributed by atoms with Gasteiger partial charge >= 0.3 is 0 Å². The fraction of sp³-hybridized carbons (Fsp3) is 0.300. The molecule has 160 valence electrons. The Hall–Kier alpha value is -3.11. The quantitative estimate of drug-likeness (QED) is 0.475. The van der Waals surface area contributed by atoms with Crippen molar-refractivity contribution in [3.8, 4) is 17.4 Å². The van der Waals surface area contributed by atoms with E-state index in [1.165, 1.54) is 19.2 Å². The van der Waals surface area contributed by atoms with Gasteiger partial charge in [0.1, 0.15) is 12.3 Å². The Kier molecular flexibility index (Phi) is 6.91. The van der Waals surface area contributed by atoms with Crippen molar-refractivity contribution in [1.82, 2.24) is 20.1 Å². The molecular formula is C20H25N5O4S. The van der Waals surface area contributed by atoms with E-state index in [1.807, 2.05) is 13.8 Å². The van der Waals surface area contributed by atoms with Crippen LogP contribution in [-0.2, 0) is 10.0 Å². The summed E-state index contributed by atoms with van der Waals surface area (Å²) in [7, 11) is -2.41. The van der Waals surface area contributed by atoms with E-state index in [4.69, 9.17) is 9.47 Å². The van der Waals surface area contributed by atoms with Crippen molar-refractivity contribution in [3.05, 3.63) is 54.9 Å². The largest absolute Gasteiger partial charge is 0.479 e. The van der Waals surface area contributed by atoms with Gasteiger partial charge in [-0.2, -0.15) is 10.1 Å². The minimum atomic E-state index is -3.83. The maximum Gasteiger partial charge on any atom is 0.262 e. The highest BCUT2D eigenvalue weighted by Crippen LogP contribution is 2.27. The second-order valence-electron chi connectivity index (χ2n) is 6.71. The molecule has 30 heavy (non-hydrogen) atoms. The Bertz CT molecular complexity index is 1050. The molecule has 0 fully saturated rings. The molecule has 0 saturated carbocycles. The molecule has 0 spiro atoms. The van der Waals surface area contributed by atoms with Crippen LogP contribution in [0.3, 0.4) is 0 Å². The topological polar surface area (TPSA) is 107 Å². The van der Waals surface area contributed by atoms with E-state index in [2.05, 4.69) is 20.1 Å². The number of sulfonamides is 1. The molecule has 3 rings (SSSR count). The summed E-state index contributed by atoms with van der Waals surface area (Å²) in [6.45, 7) is 5.20. The molecule has 1 aromatic carbocycles. The summed E-state index contributed by atoms with van der Waals surface area (Å²) >= 11 is 0. The van der Waals surface area contributed by atoms with Gasteiger partial charge in [0, 0.05) is 31.0 Å². The third-order valence-electron chi connectivity index (χ3n) is 4.09. The monoisotopic (exact) mass is 431 g/mol. The predicted octanol–water partition coefficient (Wildman–Crippen LogP) is 2.45. The van der Waals surface area contributed by atoms with E-state index in [0.29, 0.717) is 25.1 Å². The van der Waals surface area contributed by atoms with Gasteiger partial charge in [-0.25, -0.2) is 13.1 Å². The van der Waals surface area contributed by atoms with Crippen LogP contribution in [0.15, 0.2) is 59.8 Å². The first-order chi connectivity index (χ1) is 14.4. The van der Waals surface area contributed by atoms with Gasteiger partial charge in [0.25, 0.3) is 10.0 Å². The van der Waals surface area contributed by atoms with Crippen molar-refractivity contribution in [2.24, 2.45) is 0 Å². The lowest BCUT2D eigenvalue weighted by Gasteiger charge is -2.13.